The van der Waals surface area contributed by atoms with Gasteiger partial charge in [-0.1, -0.05) is 25.1 Å². The average Bonchev–Trinajstić information content (AvgIpc) is 2.88. The fraction of sp³-hybridized carbons (Fsp3) is 0.222. The van der Waals surface area contributed by atoms with Crippen LogP contribution in [0.5, 0.6) is 11.5 Å². The SMILES string of the molecule is CCC(F)(F)c1cc(=O)oc2ccc(Cc3ccc(S(=O)(=O)Nc4cc(OC)cc(OC)c4)cc3)cc12. The Hall–Kier alpha value is -3.92. The summed E-state index contributed by atoms with van der Waals surface area (Å²) < 4.78 is 72.8. The minimum Gasteiger partial charge on any atom is -0.497 e. The molecule has 4 aromatic rings. The Morgan fingerprint density at radius 3 is 2.11 bits per heavy atom. The van der Waals surface area contributed by atoms with E-state index in [1.807, 2.05) is 0 Å². The molecule has 0 atom stereocenters. The molecule has 0 bridgehead atoms. The summed E-state index contributed by atoms with van der Waals surface area (Å²) in [6.07, 6.45) is -0.102. The molecule has 4 rings (SSSR count). The Morgan fingerprint density at radius 1 is 0.892 bits per heavy atom. The molecule has 0 radical (unpaired) electrons. The van der Waals surface area contributed by atoms with Crippen molar-refractivity contribution in [1.82, 2.24) is 0 Å². The van der Waals surface area contributed by atoms with E-state index in [-0.39, 0.29) is 27.1 Å². The van der Waals surface area contributed by atoms with Gasteiger partial charge in [-0.15, -0.1) is 0 Å². The maximum atomic E-state index is 14.5. The zero-order valence-electron chi connectivity index (χ0n) is 20.4. The molecule has 0 aliphatic carbocycles. The van der Waals surface area contributed by atoms with Crippen LogP contribution in [-0.4, -0.2) is 22.6 Å². The predicted octanol–water partition coefficient (Wildman–Crippen LogP) is 5.70. The minimum absolute atomic E-state index is 0.0446. The van der Waals surface area contributed by atoms with Gasteiger partial charge in [0.15, 0.2) is 0 Å². The molecule has 0 unspecified atom stereocenters. The van der Waals surface area contributed by atoms with Gasteiger partial charge >= 0.3 is 5.63 Å². The first-order valence-electron chi connectivity index (χ1n) is 11.3. The highest BCUT2D eigenvalue weighted by Gasteiger charge is 2.32. The third-order valence-corrected chi connectivity index (χ3v) is 7.29. The maximum Gasteiger partial charge on any atom is 0.336 e. The van der Waals surface area contributed by atoms with Crippen molar-refractivity contribution in [3.05, 3.63) is 93.8 Å². The molecule has 0 aliphatic rings. The van der Waals surface area contributed by atoms with Crippen molar-refractivity contribution in [2.75, 3.05) is 18.9 Å². The van der Waals surface area contributed by atoms with E-state index in [4.69, 9.17) is 13.9 Å². The molecule has 194 valence electrons. The lowest BCUT2D eigenvalue weighted by Crippen LogP contribution is -2.15. The molecule has 1 N–H and O–H groups in total. The van der Waals surface area contributed by atoms with Gasteiger partial charge < -0.3 is 13.9 Å². The first-order valence-corrected chi connectivity index (χ1v) is 12.8. The summed E-state index contributed by atoms with van der Waals surface area (Å²) in [7, 11) is -0.966. The lowest BCUT2D eigenvalue weighted by atomic mass is 9.98. The van der Waals surface area contributed by atoms with Gasteiger partial charge in [-0.25, -0.2) is 22.0 Å². The van der Waals surface area contributed by atoms with Crippen molar-refractivity contribution in [2.24, 2.45) is 0 Å². The summed E-state index contributed by atoms with van der Waals surface area (Å²) in [5.41, 5.74) is 0.629. The quantitative estimate of drug-likeness (QED) is 0.280. The Bertz CT molecular complexity index is 1580. The molecule has 1 heterocycles. The van der Waals surface area contributed by atoms with Crippen LogP contribution < -0.4 is 19.8 Å². The summed E-state index contributed by atoms with van der Waals surface area (Å²) in [6.45, 7) is 1.35. The summed E-state index contributed by atoms with van der Waals surface area (Å²) in [5.74, 6) is -2.31. The van der Waals surface area contributed by atoms with Crippen LogP contribution >= 0.6 is 0 Å². The molecule has 10 heteroatoms. The number of halogens is 2. The first kappa shape index (κ1) is 26.2. The number of methoxy groups -OCH3 is 2. The zero-order chi connectivity index (χ0) is 26.8. The van der Waals surface area contributed by atoms with Gasteiger partial charge in [0.2, 0.25) is 0 Å². The van der Waals surface area contributed by atoms with E-state index in [1.54, 1.807) is 30.3 Å². The number of benzene rings is 3. The lowest BCUT2D eigenvalue weighted by molar-refractivity contribution is -0.00714. The van der Waals surface area contributed by atoms with Crippen molar-refractivity contribution in [3.8, 4) is 11.5 Å². The number of nitrogens with one attached hydrogen (secondary N) is 1. The lowest BCUT2D eigenvalue weighted by Gasteiger charge is -2.16. The van der Waals surface area contributed by atoms with Crippen LogP contribution in [0, 0.1) is 0 Å². The number of hydrogen-bond acceptors (Lipinski definition) is 6. The molecule has 1 aromatic heterocycles. The van der Waals surface area contributed by atoms with E-state index in [9.17, 15) is 22.0 Å². The standard InChI is InChI=1S/C27H25F2NO6S/c1-4-27(28,29)24-16-26(31)36-25-10-7-18(12-23(24)25)11-17-5-8-22(9-6-17)37(32,33)30-19-13-20(34-2)15-21(14-19)35-3/h5-10,12-16,30H,4,11H2,1-3H3. The molecular formula is C27H25F2NO6S. The summed E-state index contributed by atoms with van der Waals surface area (Å²) >= 11 is 0. The van der Waals surface area contributed by atoms with Crippen LogP contribution in [-0.2, 0) is 22.4 Å². The Kier molecular flexibility index (Phi) is 7.22. The van der Waals surface area contributed by atoms with E-state index < -0.39 is 28.0 Å². The number of ether oxygens (including phenoxy) is 2. The fourth-order valence-corrected chi connectivity index (χ4v) is 4.96. The number of rotatable bonds is 9. The van der Waals surface area contributed by atoms with Crippen molar-refractivity contribution >= 4 is 26.7 Å². The van der Waals surface area contributed by atoms with Crippen molar-refractivity contribution < 1.29 is 31.1 Å². The maximum absolute atomic E-state index is 14.5. The number of fused-ring (bicyclic) bond motifs is 1. The highest BCUT2D eigenvalue weighted by molar-refractivity contribution is 7.92. The fourth-order valence-electron chi connectivity index (χ4n) is 3.92. The molecule has 0 fully saturated rings. The van der Waals surface area contributed by atoms with Crippen LogP contribution in [0.25, 0.3) is 11.0 Å². The summed E-state index contributed by atoms with van der Waals surface area (Å²) in [4.78, 5) is 11.8. The number of alkyl halides is 2. The molecule has 3 aromatic carbocycles. The molecule has 0 saturated heterocycles. The molecular weight excluding hydrogens is 504 g/mol. The third-order valence-electron chi connectivity index (χ3n) is 5.89. The van der Waals surface area contributed by atoms with Crippen LogP contribution in [0.2, 0.25) is 0 Å². The first-order chi connectivity index (χ1) is 17.5. The largest absolute Gasteiger partial charge is 0.497 e. The second kappa shape index (κ2) is 10.2. The minimum atomic E-state index is -3.90. The van der Waals surface area contributed by atoms with Gasteiger partial charge in [-0.3, -0.25) is 4.72 Å². The van der Waals surface area contributed by atoms with E-state index in [0.29, 0.717) is 23.5 Å². The highest BCUT2D eigenvalue weighted by Crippen LogP contribution is 2.36. The number of anilines is 1. The van der Waals surface area contributed by atoms with Gasteiger partial charge in [0.1, 0.15) is 17.1 Å². The normalized spacial score (nSPS) is 11.9. The van der Waals surface area contributed by atoms with Crippen molar-refractivity contribution in [3.63, 3.8) is 0 Å². The smallest absolute Gasteiger partial charge is 0.336 e. The third kappa shape index (κ3) is 5.75. The summed E-state index contributed by atoms with van der Waals surface area (Å²) in [5, 5.41) is 0.168. The molecule has 0 spiro atoms. The topological polar surface area (TPSA) is 94.8 Å². The second-order valence-electron chi connectivity index (χ2n) is 8.40. The Balaban J connectivity index is 1.58. The van der Waals surface area contributed by atoms with Gasteiger partial charge in [0, 0.05) is 41.6 Å². The number of hydrogen-bond donors (Lipinski definition) is 1. The van der Waals surface area contributed by atoms with E-state index in [2.05, 4.69) is 4.72 Å². The van der Waals surface area contributed by atoms with Crippen molar-refractivity contribution in [1.29, 1.82) is 0 Å². The highest BCUT2D eigenvalue weighted by atomic mass is 32.2. The van der Waals surface area contributed by atoms with E-state index in [0.717, 1.165) is 11.6 Å². The molecule has 0 saturated carbocycles. The van der Waals surface area contributed by atoms with Crippen LogP contribution in [0.15, 0.2) is 80.8 Å². The van der Waals surface area contributed by atoms with E-state index >= 15 is 0 Å². The Labute approximate surface area is 212 Å². The van der Waals surface area contributed by atoms with Gasteiger partial charge in [-0.2, -0.15) is 0 Å². The molecule has 37 heavy (non-hydrogen) atoms. The van der Waals surface area contributed by atoms with Crippen LogP contribution in [0.1, 0.15) is 30.0 Å². The average molecular weight is 530 g/mol. The van der Waals surface area contributed by atoms with Gasteiger partial charge in [0.25, 0.3) is 15.9 Å². The summed E-state index contributed by atoms with van der Waals surface area (Å²) in [6, 6.07) is 16.5. The van der Waals surface area contributed by atoms with E-state index in [1.165, 1.54) is 51.5 Å². The molecule has 0 amide bonds. The number of sulfonamides is 1. The second-order valence-corrected chi connectivity index (χ2v) is 10.1. The van der Waals surface area contributed by atoms with Crippen molar-refractivity contribution in [2.45, 2.75) is 30.6 Å². The predicted molar refractivity (Wildman–Crippen MR) is 136 cm³/mol. The van der Waals surface area contributed by atoms with Gasteiger partial charge in [0.05, 0.1) is 24.8 Å². The molecule has 7 nitrogen and oxygen atoms in total. The van der Waals surface area contributed by atoms with Gasteiger partial charge in [-0.05, 0) is 41.8 Å². The molecule has 0 aliphatic heterocycles. The zero-order valence-corrected chi connectivity index (χ0v) is 21.2. The van der Waals surface area contributed by atoms with Crippen LogP contribution in [0.3, 0.4) is 0 Å². The van der Waals surface area contributed by atoms with Crippen LogP contribution in [0.4, 0.5) is 14.5 Å². The monoisotopic (exact) mass is 529 g/mol. The Morgan fingerprint density at radius 2 is 1.51 bits per heavy atom.